The van der Waals surface area contributed by atoms with Gasteiger partial charge in [-0.05, 0) is 19.1 Å². The SMILES string of the molecule is CNc1ncc(F)c(-c2ccnc(C)c2)n1. The number of hydrogen-bond acceptors (Lipinski definition) is 4. The van der Waals surface area contributed by atoms with Crippen molar-refractivity contribution < 1.29 is 4.39 Å². The van der Waals surface area contributed by atoms with Gasteiger partial charge in [-0.15, -0.1) is 0 Å². The van der Waals surface area contributed by atoms with Gasteiger partial charge in [-0.25, -0.2) is 14.4 Å². The lowest BCUT2D eigenvalue weighted by molar-refractivity contribution is 0.618. The van der Waals surface area contributed by atoms with Gasteiger partial charge in [0.2, 0.25) is 5.95 Å². The highest BCUT2D eigenvalue weighted by Gasteiger charge is 2.08. The molecule has 2 aromatic rings. The first-order valence-corrected chi connectivity index (χ1v) is 4.84. The highest BCUT2D eigenvalue weighted by atomic mass is 19.1. The molecule has 16 heavy (non-hydrogen) atoms. The number of aryl methyl sites for hydroxylation is 1. The largest absolute Gasteiger partial charge is 0.357 e. The van der Waals surface area contributed by atoms with Gasteiger partial charge in [0.1, 0.15) is 5.69 Å². The van der Waals surface area contributed by atoms with Gasteiger partial charge in [-0.1, -0.05) is 0 Å². The first-order chi connectivity index (χ1) is 7.70. The van der Waals surface area contributed by atoms with Crippen molar-refractivity contribution >= 4 is 5.95 Å². The number of nitrogens with one attached hydrogen (secondary N) is 1. The summed E-state index contributed by atoms with van der Waals surface area (Å²) in [5, 5.41) is 2.77. The van der Waals surface area contributed by atoms with Gasteiger partial charge >= 0.3 is 0 Å². The van der Waals surface area contributed by atoms with E-state index in [1.807, 2.05) is 6.92 Å². The Bertz CT molecular complexity index is 513. The molecule has 0 spiro atoms. The van der Waals surface area contributed by atoms with Crippen LogP contribution in [0.4, 0.5) is 10.3 Å². The predicted octanol–water partition coefficient (Wildman–Crippen LogP) is 2.03. The van der Waals surface area contributed by atoms with Gasteiger partial charge < -0.3 is 5.32 Å². The van der Waals surface area contributed by atoms with E-state index < -0.39 is 5.82 Å². The summed E-state index contributed by atoms with van der Waals surface area (Å²) in [5.74, 6) is -0.0459. The molecule has 0 aliphatic carbocycles. The molecular formula is C11H11FN4. The van der Waals surface area contributed by atoms with Crippen molar-refractivity contribution in [2.75, 3.05) is 12.4 Å². The fourth-order valence-electron chi connectivity index (χ4n) is 1.38. The molecule has 2 rings (SSSR count). The maximum absolute atomic E-state index is 13.6. The van der Waals surface area contributed by atoms with Gasteiger partial charge in [0.15, 0.2) is 5.82 Å². The second-order valence-electron chi connectivity index (χ2n) is 3.33. The second kappa shape index (κ2) is 4.22. The van der Waals surface area contributed by atoms with Gasteiger partial charge in [-0.2, -0.15) is 0 Å². The Morgan fingerprint density at radius 2 is 2.12 bits per heavy atom. The molecule has 82 valence electrons. The fourth-order valence-corrected chi connectivity index (χ4v) is 1.38. The minimum atomic E-state index is -0.440. The zero-order chi connectivity index (χ0) is 11.5. The number of aromatic nitrogens is 3. The summed E-state index contributed by atoms with van der Waals surface area (Å²) < 4.78 is 13.6. The van der Waals surface area contributed by atoms with Crippen LogP contribution in [-0.4, -0.2) is 22.0 Å². The molecule has 0 fully saturated rings. The van der Waals surface area contributed by atoms with Crippen molar-refractivity contribution in [2.24, 2.45) is 0 Å². The Labute approximate surface area is 92.6 Å². The Morgan fingerprint density at radius 3 is 2.81 bits per heavy atom. The Hall–Kier alpha value is -2.04. The van der Waals surface area contributed by atoms with Gasteiger partial charge in [0, 0.05) is 24.5 Å². The minimum Gasteiger partial charge on any atom is -0.357 e. The van der Waals surface area contributed by atoms with E-state index in [1.165, 1.54) is 0 Å². The summed E-state index contributed by atoms with van der Waals surface area (Å²) in [6.07, 6.45) is 2.79. The summed E-state index contributed by atoms with van der Waals surface area (Å²) in [7, 11) is 1.69. The van der Waals surface area contributed by atoms with Crippen LogP contribution in [0.2, 0.25) is 0 Å². The van der Waals surface area contributed by atoms with Crippen molar-refractivity contribution in [3.8, 4) is 11.3 Å². The number of pyridine rings is 1. The van der Waals surface area contributed by atoms with Crippen molar-refractivity contribution in [1.82, 2.24) is 15.0 Å². The van der Waals surface area contributed by atoms with E-state index in [2.05, 4.69) is 20.3 Å². The Morgan fingerprint density at radius 1 is 1.31 bits per heavy atom. The van der Waals surface area contributed by atoms with Crippen LogP contribution >= 0.6 is 0 Å². The van der Waals surface area contributed by atoms with Gasteiger partial charge in [0.05, 0.1) is 6.20 Å². The van der Waals surface area contributed by atoms with Crippen LogP contribution in [0, 0.1) is 12.7 Å². The molecule has 0 aliphatic heterocycles. The second-order valence-corrected chi connectivity index (χ2v) is 3.33. The van der Waals surface area contributed by atoms with Crippen LogP contribution in [0.3, 0.4) is 0 Å². The van der Waals surface area contributed by atoms with Crippen molar-refractivity contribution in [2.45, 2.75) is 6.92 Å². The molecule has 0 aromatic carbocycles. The predicted molar refractivity (Wildman–Crippen MR) is 59.5 cm³/mol. The average Bonchev–Trinajstić information content (AvgIpc) is 2.30. The summed E-state index contributed by atoms with van der Waals surface area (Å²) in [4.78, 5) is 11.9. The van der Waals surface area contributed by atoms with Crippen LogP contribution in [0.15, 0.2) is 24.5 Å². The number of anilines is 1. The molecule has 0 saturated carbocycles. The van der Waals surface area contributed by atoms with Crippen LogP contribution in [0.5, 0.6) is 0 Å². The molecule has 4 nitrogen and oxygen atoms in total. The van der Waals surface area contributed by atoms with Crippen LogP contribution in [-0.2, 0) is 0 Å². The molecule has 5 heteroatoms. The zero-order valence-corrected chi connectivity index (χ0v) is 9.03. The first kappa shape index (κ1) is 10.5. The summed E-state index contributed by atoms with van der Waals surface area (Å²) in [6.45, 7) is 1.85. The Balaban J connectivity index is 2.54. The number of rotatable bonds is 2. The van der Waals surface area contributed by atoms with E-state index in [0.29, 0.717) is 11.5 Å². The lowest BCUT2D eigenvalue weighted by Crippen LogP contribution is -2.00. The lowest BCUT2D eigenvalue weighted by Gasteiger charge is -2.05. The molecule has 0 atom stereocenters. The van der Waals surface area contributed by atoms with E-state index >= 15 is 0 Å². The van der Waals surface area contributed by atoms with E-state index in [9.17, 15) is 4.39 Å². The molecule has 2 aromatic heterocycles. The highest BCUT2D eigenvalue weighted by Crippen LogP contribution is 2.20. The van der Waals surface area contributed by atoms with Gasteiger partial charge in [0.25, 0.3) is 0 Å². The minimum absolute atomic E-state index is 0.282. The molecule has 0 aliphatic rings. The molecule has 0 amide bonds. The topological polar surface area (TPSA) is 50.7 Å². The zero-order valence-electron chi connectivity index (χ0n) is 9.03. The molecule has 2 heterocycles. The maximum Gasteiger partial charge on any atom is 0.223 e. The van der Waals surface area contributed by atoms with Crippen molar-refractivity contribution in [3.05, 3.63) is 36.0 Å². The molecule has 0 bridgehead atoms. The highest BCUT2D eigenvalue weighted by molar-refractivity contribution is 5.60. The quantitative estimate of drug-likeness (QED) is 0.837. The van der Waals surface area contributed by atoms with E-state index in [1.54, 1.807) is 25.4 Å². The van der Waals surface area contributed by atoms with E-state index in [-0.39, 0.29) is 5.69 Å². The summed E-state index contributed by atoms with van der Waals surface area (Å²) >= 11 is 0. The van der Waals surface area contributed by atoms with E-state index in [0.717, 1.165) is 11.9 Å². The Kier molecular flexibility index (Phi) is 2.76. The molecule has 0 radical (unpaired) electrons. The van der Waals surface area contributed by atoms with E-state index in [4.69, 9.17) is 0 Å². The molecular weight excluding hydrogens is 207 g/mol. The normalized spacial score (nSPS) is 10.2. The third-order valence-corrected chi connectivity index (χ3v) is 2.14. The molecule has 0 unspecified atom stereocenters. The first-order valence-electron chi connectivity index (χ1n) is 4.84. The number of nitrogens with zero attached hydrogens (tertiary/aromatic N) is 3. The summed E-state index contributed by atoms with van der Waals surface area (Å²) in [5.41, 5.74) is 1.80. The van der Waals surface area contributed by atoms with Gasteiger partial charge in [-0.3, -0.25) is 4.98 Å². The van der Waals surface area contributed by atoms with Crippen molar-refractivity contribution in [3.63, 3.8) is 0 Å². The number of halogens is 1. The van der Waals surface area contributed by atoms with Crippen LogP contribution < -0.4 is 5.32 Å². The third-order valence-electron chi connectivity index (χ3n) is 2.14. The standard InChI is InChI=1S/C11H11FN4/c1-7-5-8(3-4-14-7)10-9(12)6-15-11(13-2)16-10/h3-6H,1-2H3,(H,13,15,16). The average molecular weight is 218 g/mol. The smallest absolute Gasteiger partial charge is 0.223 e. The van der Waals surface area contributed by atoms with Crippen LogP contribution in [0.1, 0.15) is 5.69 Å². The molecule has 0 saturated heterocycles. The third kappa shape index (κ3) is 1.98. The van der Waals surface area contributed by atoms with Crippen molar-refractivity contribution in [1.29, 1.82) is 0 Å². The monoisotopic (exact) mass is 218 g/mol. The molecule has 1 N–H and O–H groups in total. The fraction of sp³-hybridized carbons (Fsp3) is 0.182. The summed E-state index contributed by atoms with van der Waals surface area (Å²) in [6, 6.07) is 3.50. The maximum atomic E-state index is 13.6. The van der Waals surface area contributed by atoms with Crippen LogP contribution in [0.25, 0.3) is 11.3 Å². The lowest BCUT2D eigenvalue weighted by atomic mass is 10.1. The number of hydrogen-bond donors (Lipinski definition) is 1.